The van der Waals surface area contributed by atoms with Crippen LogP contribution in [0.1, 0.15) is 0 Å². The van der Waals surface area contributed by atoms with Crippen LogP contribution < -0.4 is 5.73 Å². The average Bonchev–Trinajstić information content (AvgIpc) is 2.96. The van der Waals surface area contributed by atoms with E-state index in [1.807, 2.05) is 24.5 Å². The molecule has 0 fully saturated rings. The number of nitrogens with two attached hydrogens (primary N) is 1. The second-order valence-corrected chi connectivity index (χ2v) is 3.75. The summed E-state index contributed by atoms with van der Waals surface area (Å²) in [6, 6.07) is 3.92. The highest BCUT2D eigenvalue weighted by Crippen LogP contribution is 2.24. The van der Waals surface area contributed by atoms with Crippen molar-refractivity contribution >= 4 is 11.0 Å². The Balaban J connectivity index is 2.10. The SMILES string of the molecule is NCCn1cc(-c2ccnc3[nH]ccc23)nn1. The molecule has 0 aliphatic carbocycles. The molecule has 3 aromatic heterocycles. The fourth-order valence-corrected chi connectivity index (χ4v) is 1.85. The molecule has 0 saturated carbocycles. The smallest absolute Gasteiger partial charge is 0.137 e. The van der Waals surface area contributed by atoms with Gasteiger partial charge in [-0.2, -0.15) is 0 Å². The van der Waals surface area contributed by atoms with E-state index in [4.69, 9.17) is 5.73 Å². The quantitative estimate of drug-likeness (QED) is 0.693. The Hall–Kier alpha value is -2.21. The molecule has 3 N–H and O–H groups in total. The number of hydrogen-bond donors (Lipinski definition) is 2. The molecule has 0 unspecified atom stereocenters. The first-order valence-electron chi connectivity index (χ1n) is 5.41. The molecule has 0 aliphatic heterocycles. The van der Waals surface area contributed by atoms with E-state index in [0.29, 0.717) is 13.1 Å². The number of hydrogen-bond acceptors (Lipinski definition) is 4. The Bertz CT molecular complexity index is 638. The first-order valence-corrected chi connectivity index (χ1v) is 5.41. The summed E-state index contributed by atoms with van der Waals surface area (Å²) in [5, 5.41) is 9.23. The van der Waals surface area contributed by atoms with Crippen molar-refractivity contribution in [2.75, 3.05) is 6.54 Å². The van der Waals surface area contributed by atoms with Crippen LogP contribution in [0.4, 0.5) is 0 Å². The van der Waals surface area contributed by atoms with E-state index in [2.05, 4.69) is 20.3 Å². The average molecular weight is 228 g/mol. The lowest BCUT2D eigenvalue weighted by Gasteiger charge is -1.97. The molecule has 3 aromatic rings. The van der Waals surface area contributed by atoms with E-state index in [0.717, 1.165) is 22.3 Å². The van der Waals surface area contributed by atoms with Gasteiger partial charge >= 0.3 is 0 Å². The molecule has 86 valence electrons. The van der Waals surface area contributed by atoms with Crippen LogP contribution in [-0.4, -0.2) is 31.5 Å². The zero-order valence-corrected chi connectivity index (χ0v) is 9.17. The Morgan fingerprint density at radius 2 is 2.29 bits per heavy atom. The van der Waals surface area contributed by atoms with Crippen molar-refractivity contribution in [2.45, 2.75) is 6.54 Å². The zero-order valence-electron chi connectivity index (χ0n) is 9.17. The van der Waals surface area contributed by atoms with Crippen molar-refractivity contribution < 1.29 is 0 Å². The lowest BCUT2D eigenvalue weighted by Crippen LogP contribution is -2.10. The van der Waals surface area contributed by atoms with Gasteiger partial charge < -0.3 is 10.7 Å². The predicted octanol–water partition coefficient (Wildman–Crippen LogP) is 0.780. The van der Waals surface area contributed by atoms with Crippen molar-refractivity contribution in [2.24, 2.45) is 5.73 Å². The molecule has 0 saturated heterocycles. The maximum atomic E-state index is 5.48. The number of aromatic nitrogens is 5. The fourth-order valence-electron chi connectivity index (χ4n) is 1.85. The first-order chi connectivity index (χ1) is 8.38. The molecule has 3 heterocycles. The summed E-state index contributed by atoms with van der Waals surface area (Å²) < 4.78 is 1.74. The summed E-state index contributed by atoms with van der Waals surface area (Å²) in [7, 11) is 0. The monoisotopic (exact) mass is 228 g/mol. The van der Waals surface area contributed by atoms with Gasteiger partial charge in [0.2, 0.25) is 0 Å². The van der Waals surface area contributed by atoms with Crippen LogP contribution in [-0.2, 0) is 6.54 Å². The van der Waals surface area contributed by atoms with Gasteiger partial charge in [-0.1, -0.05) is 5.21 Å². The lowest BCUT2D eigenvalue weighted by atomic mass is 10.1. The third-order valence-corrected chi connectivity index (χ3v) is 2.63. The molecule has 3 rings (SSSR count). The highest BCUT2D eigenvalue weighted by molar-refractivity contribution is 5.91. The number of nitrogens with one attached hydrogen (secondary N) is 1. The van der Waals surface area contributed by atoms with Crippen LogP contribution in [0.5, 0.6) is 0 Å². The minimum absolute atomic E-state index is 0.554. The normalized spacial score (nSPS) is 11.1. The Kier molecular flexibility index (Phi) is 2.34. The molecule has 0 aliphatic rings. The number of pyridine rings is 1. The van der Waals surface area contributed by atoms with Gasteiger partial charge in [0, 0.05) is 29.9 Å². The maximum absolute atomic E-state index is 5.48. The summed E-state index contributed by atoms with van der Waals surface area (Å²) >= 11 is 0. The van der Waals surface area contributed by atoms with Gasteiger partial charge in [-0.25, -0.2) is 4.98 Å². The topological polar surface area (TPSA) is 85.4 Å². The van der Waals surface area contributed by atoms with E-state index in [-0.39, 0.29) is 0 Å². The third kappa shape index (κ3) is 1.68. The van der Waals surface area contributed by atoms with Crippen molar-refractivity contribution in [1.29, 1.82) is 0 Å². The van der Waals surface area contributed by atoms with E-state index in [1.54, 1.807) is 10.9 Å². The minimum Gasteiger partial charge on any atom is -0.346 e. The van der Waals surface area contributed by atoms with Crippen LogP contribution in [0.2, 0.25) is 0 Å². The van der Waals surface area contributed by atoms with Crippen molar-refractivity contribution in [3.8, 4) is 11.3 Å². The molecular formula is C11H12N6. The Morgan fingerprint density at radius 3 is 3.18 bits per heavy atom. The van der Waals surface area contributed by atoms with Gasteiger partial charge in [0.05, 0.1) is 12.7 Å². The second kappa shape index (κ2) is 3.99. The van der Waals surface area contributed by atoms with Gasteiger partial charge in [-0.05, 0) is 12.1 Å². The van der Waals surface area contributed by atoms with Crippen LogP contribution in [0, 0.1) is 0 Å². The Morgan fingerprint density at radius 1 is 1.35 bits per heavy atom. The highest BCUT2D eigenvalue weighted by Gasteiger charge is 2.08. The summed E-state index contributed by atoms with van der Waals surface area (Å²) in [6.45, 7) is 1.23. The molecule has 0 atom stereocenters. The molecular weight excluding hydrogens is 216 g/mol. The summed E-state index contributed by atoms with van der Waals surface area (Å²) in [5.74, 6) is 0. The van der Waals surface area contributed by atoms with Crippen LogP contribution in [0.15, 0.2) is 30.7 Å². The lowest BCUT2D eigenvalue weighted by molar-refractivity contribution is 0.598. The van der Waals surface area contributed by atoms with Gasteiger partial charge in [0.25, 0.3) is 0 Å². The molecule has 0 spiro atoms. The van der Waals surface area contributed by atoms with Crippen molar-refractivity contribution in [1.82, 2.24) is 25.0 Å². The number of nitrogens with zero attached hydrogens (tertiary/aromatic N) is 4. The van der Waals surface area contributed by atoms with Gasteiger partial charge in [-0.3, -0.25) is 4.68 Å². The molecule has 0 amide bonds. The summed E-state index contributed by atoms with van der Waals surface area (Å²) in [6.07, 6.45) is 5.52. The molecule has 17 heavy (non-hydrogen) atoms. The number of rotatable bonds is 3. The van der Waals surface area contributed by atoms with Crippen LogP contribution >= 0.6 is 0 Å². The summed E-state index contributed by atoms with van der Waals surface area (Å²) in [4.78, 5) is 7.32. The van der Waals surface area contributed by atoms with E-state index in [9.17, 15) is 0 Å². The van der Waals surface area contributed by atoms with Crippen molar-refractivity contribution in [3.63, 3.8) is 0 Å². The van der Waals surface area contributed by atoms with Gasteiger partial charge in [-0.15, -0.1) is 5.10 Å². The largest absolute Gasteiger partial charge is 0.346 e. The standard InChI is InChI=1S/C11H12N6/c12-3-6-17-7-10(15-16-17)8-1-4-13-11-9(8)2-5-14-11/h1-2,4-5,7H,3,6,12H2,(H,13,14). The number of fused-ring (bicyclic) bond motifs is 1. The Labute approximate surface area is 97.5 Å². The highest BCUT2D eigenvalue weighted by atomic mass is 15.4. The molecule has 0 aromatic carbocycles. The second-order valence-electron chi connectivity index (χ2n) is 3.75. The van der Waals surface area contributed by atoms with E-state index >= 15 is 0 Å². The molecule has 6 heteroatoms. The molecule has 0 bridgehead atoms. The number of H-pyrrole nitrogens is 1. The van der Waals surface area contributed by atoms with Gasteiger partial charge in [0.15, 0.2) is 0 Å². The minimum atomic E-state index is 0.554. The number of aromatic amines is 1. The zero-order chi connectivity index (χ0) is 11.7. The van der Waals surface area contributed by atoms with E-state index < -0.39 is 0 Å². The van der Waals surface area contributed by atoms with Gasteiger partial charge in [0.1, 0.15) is 11.3 Å². The van der Waals surface area contributed by atoms with E-state index in [1.165, 1.54) is 0 Å². The third-order valence-electron chi connectivity index (χ3n) is 2.63. The predicted molar refractivity (Wildman–Crippen MR) is 64.2 cm³/mol. The molecule has 6 nitrogen and oxygen atoms in total. The first kappa shape index (κ1) is 9.98. The fraction of sp³-hybridized carbons (Fsp3) is 0.182. The molecule has 0 radical (unpaired) electrons. The van der Waals surface area contributed by atoms with Crippen LogP contribution in [0.3, 0.4) is 0 Å². The van der Waals surface area contributed by atoms with Crippen LogP contribution in [0.25, 0.3) is 22.3 Å². The maximum Gasteiger partial charge on any atom is 0.137 e. The van der Waals surface area contributed by atoms with Crippen molar-refractivity contribution in [3.05, 3.63) is 30.7 Å². The summed E-state index contributed by atoms with van der Waals surface area (Å²) in [5.41, 5.74) is 8.20.